The number of hydrogen-bond donors (Lipinski definition) is 1. The Hall–Kier alpha value is -3.19. The molecule has 1 aromatic carbocycles. The minimum atomic E-state index is -0.687. The van der Waals surface area contributed by atoms with Gasteiger partial charge in [0.2, 0.25) is 0 Å². The van der Waals surface area contributed by atoms with Crippen molar-refractivity contribution < 1.29 is 19.4 Å². The minimum absolute atomic E-state index is 0.0811. The van der Waals surface area contributed by atoms with Crippen molar-refractivity contribution in [2.45, 2.75) is 19.4 Å². The number of amides is 1. The number of carbonyl (C=O) groups excluding carboxylic acids is 2. The van der Waals surface area contributed by atoms with E-state index in [2.05, 4.69) is 4.98 Å². The number of aliphatic hydroxyl groups excluding tert-OH is 1. The normalized spacial score (nSPS) is 18.3. The number of aromatic nitrogens is 1. The van der Waals surface area contributed by atoms with E-state index in [0.29, 0.717) is 31.0 Å². The van der Waals surface area contributed by atoms with Crippen molar-refractivity contribution >= 4 is 17.4 Å². The second kappa shape index (κ2) is 9.54. The summed E-state index contributed by atoms with van der Waals surface area (Å²) in [6, 6.07) is 9.77. The van der Waals surface area contributed by atoms with E-state index in [1.165, 1.54) is 4.90 Å². The Kier molecular flexibility index (Phi) is 6.84. The number of benzene rings is 1. The van der Waals surface area contributed by atoms with E-state index in [4.69, 9.17) is 4.74 Å². The highest BCUT2D eigenvalue weighted by atomic mass is 16.5. The number of pyridine rings is 1. The molecular weight excluding hydrogens is 382 g/mol. The van der Waals surface area contributed by atoms with Crippen LogP contribution in [0.3, 0.4) is 0 Å². The molecule has 1 amide bonds. The van der Waals surface area contributed by atoms with Gasteiger partial charge < -0.3 is 19.6 Å². The second-order valence-corrected chi connectivity index (χ2v) is 7.45. The number of Topliss-reactive ketones (excluding diaryl/α,β-unsaturated/α-hetero) is 1. The first-order valence-corrected chi connectivity index (χ1v) is 10.00. The molecule has 1 aliphatic heterocycles. The van der Waals surface area contributed by atoms with Gasteiger partial charge in [0, 0.05) is 31.0 Å². The van der Waals surface area contributed by atoms with E-state index in [1.807, 2.05) is 25.9 Å². The molecule has 1 unspecified atom stereocenters. The number of rotatable bonds is 8. The summed E-state index contributed by atoms with van der Waals surface area (Å²) >= 11 is 0. The van der Waals surface area contributed by atoms with E-state index in [1.54, 1.807) is 48.8 Å². The predicted octanol–water partition coefficient (Wildman–Crippen LogP) is 2.85. The van der Waals surface area contributed by atoms with E-state index < -0.39 is 17.7 Å². The van der Waals surface area contributed by atoms with Gasteiger partial charge in [-0.25, -0.2) is 0 Å². The first-order valence-electron chi connectivity index (χ1n) is 10.00. The number of likely N-dealkylation sites (N-methyl/N-ethyl adjacent to an activating group) is 1. The van der Waals surface area contributed by atoms with Crippen LogP contribution < -0.4 is 4.74 Å². The molecule has 2 aromatic rings. The molecule has 158 valence electrons. The zero-order valence-corrected chi connectivity index (χ0v) is 17.5. The number of carbonyl (C=O) groups is 2. The number of nitrogens with zero attached hydrogens (tertiary/aromatic N) is 3. The standard InChI is InChI=1S/C23H27N3O4/c1-4-14-30-18-7-5-6-17(15-18)21(27)19-20(16-8-10-24-11-9-16)26(13-12-25(2)3)23(29)22(19)28/h5-11,15,20,27H,4,12-14H2,1-3H3. The third-order valence-electron chi connectivity index (χ3n) is 4.93. The largest absolute Gasteiger partial charge is 0.507 e. The van der Waals surface area contributed by atoms with Gasteiger partial charge in [0.25, 0.3) is 11.7 Å². The summed E-state index contributed by atoms with van der Waals surface area (Å²) in [5.74, 6) is -0.904. The molecule has 1 aliphatic rings. The molecule has 2 heterocycles. The lowest BCUT2D eigenvalue weighted by Gasteiger charge is -2.26. The van der Waals surface area contributed by atoms with Gasteiger partial charge >= 0.3 is 0 Å². The number of hydrogen-bond acceptors (Lipinski definition) is 6. The van der Waals surface area contributed by atoms with Crippen molar-refractivity contribution in [1.82, 2.24) is 14.8 Å². The van der Waals surface area contributed by atoms with Crippen molar-refractivity contribution in [2.24, 2.45) is 0 Å². The average molecular weight is 409 g/mol. The fourth-order valence-corrected chi connectivity index (χ4v) is 3.42. The SMILES string of the molecule is CCCOc1cccc(C(O)=C2C(=O)C(=O)N(CCN(C)C)C2c2ccncc2)c1. The molecule has 0 aliphatic carbocycles. The van der Waals surface area contributed by atoms with Crippen molar-refractivity contribution in [2.75, 3.05) is 33.8 Å². The Morgan fingerprint density at radius 1 is 1.20 bits per heavy atom. The van der Waals surface area contributed by atoms with Gasteiger partial charge in [-0.2, -0.15) is 0 Å². The van der Waals surface area contributed by atoms with Crippen molar-refractivity contribution in [1.29, 1.82) is 0 Å². The third-order valence-corrected chi connectivity index (χ3v) is 4.93. The summed E-state index contributed by atoms with van der Waals surface area (Å²) in [4.78, 5) is 33.3. The molecule has 1 atom stereocenters. The maximum absolute atomic E-state index is 12.9. The molecule has 1 fully saturated rings. The van der Waals surface area contributed by atoms with E-state index in [9.17, 15) is 14.7 Å². The smallest absolute Gasteiger partial charge is 0.295 e. The molecular formula is C23H27N3O4. The summed E-state index contributed by atoms with van der Waals surface area (Å²) in [6.45, 7) is 3.51. The molecule has 30 heavy (non-hydrogen) atoms. The second-order valence-electron chi connectivity index (χ2n) is 7.45. The minimum Gasteiger partial charge on any atom is -0.507 e. The molecule has 1 aromatic heterocycles. The first-order chi connectivity index (χ1) is 14.4. The van der Waals surface area contributed by atoms with E-state index in [-0.39, 0.29) is 11.3 Å². The van der Waals surface area contributed by atoms with Crippen LogP contribution in [-0.2, 0) is 9.59 Å². The lowest BCUT2D eigenvalue weighted by Crippen LogP contribution is -2.35. The summed E-state index contributed by atoms with van der Waals surface area (Å²) in [5.41, 5.74) is 1.24. The van der Waals surface area contributed by atoms with Gasteiger partial charge in [0.15, 0.2) is 0 Å². The van der Waals surface area contributed by atoms with Crippen molar-refractivity contribution in [3.8, 4) is 5.75 Å². The topological polar surface area (TPSA) is 83.0 Å². The van der Waals surface area contributed by atoms with Crippen LogP contribution in [0, 0.1) is 0 Å². The molecule has 3 rings (SSSR count). The number of likely N-dealkylation sites (tertiary alicyclic amines) is 1. The summed E-state index contributed by atoms with van der Waals surface area (Å²) in [5, 5.41) is 11.1. The van der Waals surface area contributed by atoms with Gasteiger partial charge in [-0.05, 0) is 50.3 Å². The summed E-state index contributed by atoms with van der Waals surface area (Å²) < 4.78 is 5.64. The lowest BCUT2D eigenvalue weighted by atomic mass is 9.96. The Bertz CT molecular complexity index is 940. The van der Waals surface area contributed by atoms with Crippen LogP contribution in [0.4, 0.5) is 0 Å². The highest BCUT2D eigenvalue weighted by Gasteiger charge is 2.45. The van der Waals surface area contributed by atoms with Gasteiger partial charge in [-0.1, -0.05) is 19.1 Å². The zero-order valence-electron chi connectivity index (χ0n) is 17.5. The highest BCUT2D eigenvalue weighted by Crippen LogP contribution is 2.39. The van der Waals surface area contributed by atoms with Crippen LogP contribution in [-0.4, -0.2) is 65.4 Å². The molecule has 1 saturated heterocycles. The predicted molar refractivity (Wildman–Crippen MR) is 114 cm³/mol. The first kappa shape index (κ1) is 21.5. The highest BCUT2D eigenvalue weighted by molar-refractivity contribution is 6.46. The van der Waals surface area contributed by atoms with Crippen LogP contribution in [0.25, 0.3) is 5.76 Å². The zero-order chi connectivity index (χ0) is 21.7. The van der Waals surface area contributed by atoms with Crippen molar-refractivity contribution in [3.05, 3.63) is 65.5 Å². The van der Waals surface area contributed by atoms with Crippen LogP contribution in [0.15, 0.2) is 54.4 Å². The van der Waals surface area contributed by atoms with Gasteiger partial charge in [0.05, 0.1) is 18.2 Å². The molecule has 0 bridgehead atoms. The molecule has 7 nitrogen and oxygen atoms in total. The maximum Gasteiger partial charge on any atom is 0.295 e. The Morgan fingerprint density at radius 2 is 1.93 bits per heavy atom. The molecule has 0 saturated carbocycles. The van der Waals surface area contributed by atoms with Crippen molar-refractivity contribution in [3.63, 3.8) is 0 Å². The van der Waals surface area contributed by atoms with Crippen LogP contribution in [0.5, 0.6) is 5.75 Å². The summed E-state index contributed by atoms with van der Waals surface area (Å²) in [6.07, 6.45) is 4.08. The number of ketones is 1. The van der Waals surface area contributed by atoms with Crippen LogP contribution in [0.1, 0.15) is 30.5 Å². The fraction of sp³-hybridized carbons (Fsp3) is 0.348. The van der Waals surface area contributed by atoms with Gasteiger partial charge in [-0.15, -0.1) is 0 Å². The van der Waals surface area contributed by atoms with E-state index in [0.717, 1.165) is 12.0 Å². The lowest BCUT2D eigenvalue weighted by molar-refractivity contribution is -0.140. The maximum atomic E-state index is 12.9. The Balaban J connectivity index is 2.07. The van der Waals surface area contributed by atoms with Crippen LogP contribution in [0.2, 0.25) is 0 Å². The molecule has 7 heteroatoms. The monoisotopic (exact) mass is 409 g/mol. The molecule has 0 spiro atoms. The summed E-state index contributed by atoms with van der Waals surface area (Å²) in [7, 11) is 3.81. The fourth-order valence-electron chi connectivity index (χ4n) is 3.42. The average Bonchev–Trinajstić information content (AvgIpc) is 3.01. The molecule has 1 N–H and O–H groups in total. The third kappa shape index (κ3) is 4.52. The number of ether oxygens (including phenoxy) is 1. The Labute approximate surface area is 176 Å². The van der Waals surface area contributed by atoms with Gasteiger partial charge in [0.1, 0.15) is 11.5 Å². The van der Waals surface area contributed by atoms with E-state index >= 15 is 0 Å². The number of aliphatic hydroxyl groups is 1. The van der Waals surface area contributed by atoms with Crippen LogP contribution >= 0.6 is 0 Å². The van der Waals surface area contributed by atoms with Gasteiger partial charge in [-0.3, -0.25) is 14.6 Å². The Morgan fingerprint density at radius 3 is 2.60 bits per heavy atom. The molecule has 0 radical (unpaired) electrons. The quantitative estimate of drug-likeness (QED) is 0.410.